The van der Waals surface area contributed by atoms with Crippen molar-refractivity contribution in [3.05, 3.63) is 45.0 Å². The van der Waals surface area contributed by atoms with E-state index in [0.717, 1.165) is 54.0 Å². The Labute approximate surface area is 218 Å². The van der Waals surface area contributed by atoms with Crippen molar-refractivity contribution in [3.8, 4) is 17.3 Å². The van der Waals surface area contributed by atoms with Crippen molar-refractivity contribution in [2.24, 2.45) is 10.9 Å². The zero-order valence-corrected chi connectivity index (χ0v) is 22.2. The van der Waals surface area contributed by atoms with E-state index in [2.05, 4.69) is 22.9 Å². The number of thiophene rings is 1. The lowest BCUT2D eigenvalue weighted by Gasteiger charge is -2.17. The lowest BCUT2D eigenvalue weighted by atomic mass is 9.92. The summed E-state index contributed by atoms with van der Waals surface area (Å²) in [6, 6.07) is 2.06. The van der Waals surface area contributed by atoms with Crippen LogP contribution in [-0.4, -0.2) is 28.8 Å². The quantitative estimate of drug-likeness (QED) is 0.395. The lowest BCUT2D eigenvalue weighted by Crippen LogP contribution is -2.35. The van der Waals surface area contributed by atoms with Crippen LogP contribution < -0.4 is 16.2 Å². The van der Waals surface area contributed by atoms with E-state index in [9.17, 15) is 9.65 Å². The van der Waals surface area contributed by atoms with Crippen molar-refractivity contribution in [2.45, 2.75) is 53.8 Å². The maximum absolute atomic E-state index is 16.7. The molecule has 3 aromatic rings. The van der Waals surface area contributed by atoms with Crippen LogP contribution in [0.5, 0.6) is 0 Å². The molecule has 1 atom stereocenters. The third kappa shape index (κ3) is 4.18. The Hall–Kier alpha value is -3.35. The molecule has 0 aliphatic carbocycles. The molecule has 6 nitrogen and oxygen atoms in total. The van der Waals surface area contributed by atoms with Crippen LogP contribution in [0.15, 0.2) is 11.2 Å². The van der Waals surface area contributed by atoms with Crippen molar-refractivity contribution in [1.29, 1.82) is 5.26 Å². The van der Waals surface area contributed by atoms with E-state index in [-0.39, 0.29) is 38.5 Å². The van der Waals surface area contributed by atoms with Crippen molar-refractivity contribution >= 4 is 44.0 Å². The molecule has 4 heterocycles. The number of nitriles is 1. The van der Waals surface area contributed by atoms with Crippen LogP contribution in [0.2, 0.25) is 0 Å². The van der Waals surface area contributed by atoms with E-state index in [0.29, 0.717) is 34.9 Å². The van der Waals surface area contributed by atoms with Gasteiger partial charge in [0.05, 0.1) is 35.4 Å². The number of hydrogen-bond acceptors (Lipinski definition) is 6. The summed E-state index contributed by atoms with van der Waals surface area (Å²) in [6.07, 6.45) is 4.58. The third-order valence-corrected chi connectivity index (χ3v) is 8.48. The van der Waals surface area contributed by atoms with Crippen LogP contribution in [0, 0.1) is 28.9 Å². The zero-order valence-electron chi connectivity index (χ0n) is 21.4. The first-order valence-electron chi connectivity index (χ1n) is 12.4. The predicted octanol–water partition coefficient (Wildman–Crippen LogP) is 4.80. The average molecular weight is 522 g/mol. The van der Waals surface area contributed by atoms with Crippen molar-refractivity contribution in [2.75, 3.05) is 18.8 Å². The number of pyridine rings is 1. The number of nitrogen functional groups attached to an aromatic ring is 1. The molecule has 2 aromatic heterocycles. The van der Waals surface area contributed by atoms with Crippen LogP contribution in [0.25, 0.3) is 33.1 Å². The van der Waals surface area contributed by atoms with E-state index in [1.165, 1.54) is 0 Å². The summed E-state index contributed by atoms with van der Waals surface area (Å²) >= 11 is 0.972. The monoisotopic (exact) mass is 521 g/mol. The van der Waals surface area contributed by atoms with Gasteiger partial charge in [-0.15, -0.1) is 11.3 Å². The minimum Gasteiger partial charge on any atom is -0.389 e. The van der Waals surface area contributed by atoms with Gasteiger partial charge in [-0.25, -0.2) is 13.8 Å². The Morgan fingerprint density at radius 3 is 2.78 bits per heavy atom. The summed E-state index contributed by atoms with van der Waals surface area (Å²) in [5.74, 6) is 0.463. The highest BCUT2D eigenvalue weighted by Crippen LogP contribution is 2.42. The second-order valence-electron chi connectivity index (χ2n) is 9.82. The number of anilines is 1. The summed E-state index contributed by atoms with van der Waals surface area (Å²) in [4.78, 5) is 11.3. The molecule has 1 fully saturated rings. The van der Waals surface area contributed by atoms with E-state index < -0.39 is 11.6 Å². The smallest absolute Gasteiger partial charge is 0.159 e. The fraction of sp³-hybridized carbons (Fsp3) is 0.393. The second-order valence-corrected chi connectivity index (χ2v) is 10.9. The second kappa shape index (κ2) is 9.84. The summed E-state index contributed by atoms with van der Waals surface area (Å²) in [6.45, 7) is 10.5. The first-order valence-corrected chi connectivity index (χ1v) is 13.3. The normalized spacial score (nSPS) is 19.1. The van der Waals surface area contributed by atoms with Crippen LogP contribution >= 0.6 is 11.3 Å². The standard InChI is InChI=1S/C28H29F2N5OS/c1-5-15(3)22-18(9-33-16(4)35-7-6-14(2)11-35)19-12-36-13-20(19)23(25(22)30)26-24-17(8-31)28(32)37-27(24)21(29)10-34-26/h9-10,14H,5-7,11-13,32H2,1-4H3/b18-9-,22-15?,33-16?. The molecule has 0 amide bonds. The van der Waals surface area contributed by atoms with Gasteiger partial charge in [-0.3, -0.25) is 4.98 Å². The highest BCUT2D eigenvalue weighted by atomic mass is 32.1. The molecule has 1 unspecified atom stereocenters. The van der Waals surface area contributed by atoms with E-state index in [1.54, 1.807) is 6.20 Å². The van der Waals surface area contributed by atoms with Gasteiger partial charge in [0, 0.05) is 40.7 Å². The Kier molecular flexibility index (Phi) is 6.73. The Bertz CT molecular complexity index is 1620. The summed E-state index contributed by atoms with van der Waals surface area (Å²) in [5, 5.41) is 11.3. The number of amidine groups is 1. The number of likely N-dealkylation sites (tertiary alicyclic amines) is 1. The lowest BCUT2D eigenvalue weighted by molar-refractivity contribution is 0.134. The topological polar surface area (TPSA) is 87.5 Å². The van der Waals surface area contributed by atoms with Crippen LogP contribution in [0.4, 0.5) is 13.8 Å². The maximum atomic E-state index is 16.7. The average Bonchev–Trinajstić information content (AvgIpc) is 3.61. The van der Waals surface area contributed by atoms with Crippen molar-refractivity contribution in [3.63, 3.8) is 0 Å². The van der Waals surface area contributed by atoms with E-state index in [4.69, 9.17) is 15.5 Å². The van der Waals surface area contributed by atoms with Crippen molar-refractivity contribution in [1.82, 2.24) is 9.88 Å². The van der Waals surface area contributed by atoms with Gasteiger partial charge >= 0.3 is 0 Å². The zero-order chi connectivity index (χ0) is 26.4. The Morgan fingerprint density at radius 1 is 1.35 bits per heavy atom. The molecule has 192 valence electrons. The largest absolute Gasteiger partial charge is 0.389 e. The first-order chi connectivity index (χ1) is 17.8. The number of nitrogens with zero attached hydrogens (tertiary/aromatic N) is 4. The molecule has 0 bridgehead atoms. The molecular weight excluding hydrogens is 492 g/mol. The molecule has 0 radical (unpaired) electrons. The third-order valence-electron chi connectivity index (χ3n) is 7.46. The number of aliphatic imine (C=N–C) groups is 1. The van der Waals surface area contributed by atoms with Gasteiger partial charge in [-0.1, -0.05) is 19.4 Å². The minimum atomic E-state index is -0.590. The van der Waals surface area contributed by atoms with Gasteiger partial charge in [0.15, 0.2) is 5.82 Å². The van der Waals surface area contributed by atoms with Gasteiger partial charge in [-0.05, 0) is 43.7 Å². The summed E-state index contributed by atoms with van der Waals surface area (Å²) in [5.41, 5.74) is 8.94. The van der Waals surface area contributed by atoms with Crippen molar-refractivity contribution < 1.29 is 13.5 Å². The number of rotatable bonds is 3. The number of ether oxygens (including phenoxy) is 1. The van der Waals surface area contributed by atoms with E-state index in [1.807, 2.05) is 20.8 Å². The van der Waals surface area contributed by atoms with Gasteiger partial charge in [-0.2, -0.15) is 5.26 Å². The molecule has 5 rings (SSSR count). The summed E-state index contributed by atoms with van der Waals surface area (Å²) < 4.78 is 37.3. The van der Waals surface area contributed by atoms with Gasteiger partial charge in [0.25, 0.3) is 0 Å². The molecule has 2 aliphatic rings. The molecule has 0 saturated carbocycles. The molecule has 2 aliphatic heterocycles. The van der Waals surface area contributed by atoms with Crippen LogP contribution in [-0.2, 0) is 18.0 Å². The van der Waals surface area contributed by atoms with Gasteiger partial charge in [0.1, 0.15) is 22.7 Å². The molecule has 1 aromatic carbocycles. The number of nitrogens with two attached hydrogens (primary N) is 1. The predicted molar refractivity (Wildman–Crippen MR) is 144 cm³/mol. The van der Waals surface area contributed by atoms with Gasteiger partial charge in [0.2, 0.25) is 0 Å². The number of halogens is 2. The minimum absolute atomic E-state index is 0.113. The fourth-order valence-corrected chi connectivity index (χ4v) is 6.18. The molecule has 0 spiro atoms. The number of aromatic nitrogens is 1. The Balaban J connectivity index is 1.84. The SMILES string of the molecule is CCC(C)=c1c(F)c(-c2ncc(F)c3sc(N)c(C#N)c23)c2c(/c1=C/N=C(C)N1CCC(C)C1)COC2. The Morgan fingerprint density at radius 2 is 2.11 bits per heavy atom. The molecule has 9 heteroatoms. The van der Waals surface area contributed by atoms with Crippen LogP contribution in [0.1, 0.15) is 57.2 Å². The van der Waals surface area contributed by atoms with Crippen LogP contribution in [0.3, 0.4) is 0 Å². The molecule has 2 N–H and O–H groups in total. The first kappa shape index (κ1) is 25.3. The number of fused-ring (bicyclic) bond motifs is 2. The maximum Gasteiger partial charge on any atom is 0.159 e. The molecule has 1 saturated heterocycles. The highest BCUT2D eigenvalue weighted by molar-refractivity contribution is 7.23. The number of hydrogen-bond donors (Lipinski definition) is 1. The highest BCUT2D eigenvalue weighted by Gasteiger charge is 2.28. The summed E-state index contributed by atoms with van der Waals surface area (Å²) in [7, 11) is 0. The van der Waals surface area contributed by atoms with Gasteiger partial charge < -0.3 is 15.4 Å². The number of benzene rings is 1. The van der Waals surface area contributed by atoms with E-state index >= 15 is 4.39 Å². The fourth-order valence-electron chi connectivity index (χ4n) is 5.26. The molecule has 37 heavy (non-hydrogen) atoms. The molecular formula is C28H29F2N5OS.